The molecule has 0 saturated carbocycles. The molecule has 14 rings (SSSR count). The van der Waals surface area contributed by atoms with E-state index >= 15 is 0 Å². The van der Waals surface area contributed by atoms with Crippen molar-refractivity contribution in [3.05, 3.63) is 289 Å². The quantitative estimate of drug-likeness (QED) is 0.152. The van der Waals surface area contributed by atoms with Crippen LogP contribution in [0.1, 0.15) is 22.3 Å². The molecular weight excluding hydrogens is 849 g/mol. The van der Waals surface area contributed by atoms with Gasteiger partial charge in [-0.3, -0.25) is 0 Å². The van der Waals surface area contributed by atoms with Crippen LogP contribution in [0.3, 0.4) is 0 Å². The molecule has 0 radical (unpaired) electrons. The lowest BCUT2D eigenvalue weighted by Crippen LogP contribution is -2.28. The molecule has 70 heavy (non-hydrogen) atoms. The molecule has 0 fully saturated rings. The fourth-order valence-corrected chi connectivity index (χ4v) is 11.6. The van der Waals surface area contributed by atoms with Gasteiger partial charge in [-0.05, 0) is 123 Å². The summed E-state index contributed by atoms with van der Waals surface area (Å²) in [5.74, 6) is 0. The Balaban J connectivity index is 0.956. The maximum absolute atomic E-state index is 6.26. The summed E-state index contributed by atoms with van der Waals surface area (Å²) >= 11 is 0. The number of benzene rings is 11. The first-order valence-electron chi connectivity index (χ1n) is 24.1. The molecule has 11 aromatic carbocycles. The molecule has 3 nitrogen and oxygen atoms in total. The average Bonchev–Trinajstić information content (AvgIpc) is 4.08. The van der Waals surface area contributed by atoms with Gasteiger partial charge in [0, 0.05) is 44.2 Å². The Morgan fingerprint density at radius 2 is 0.900 bits per heavy atom. The zero-order valence-electron chi connectivity index (χ0n) is 38.2. The summed E-state index contributed by atoms with van der Waals surface area (Å²) in [7, 11) is 0. The van der Waals surface area contributed by atoms with Crippen molar-refractivity contribution in [2.45, 2.75) is 5.41 Å². The van der Waals surface area contributed by atoms with Crippen LogP contribution < -0.4 is 4.90 Å². The van der Waals surface area contributed by atoms with Crippen molar-refractivity contribution in [1.29, 1.82) is 0 Å². The first-order valence-corrected chi connectivity index (χ1v) is 24.1. The van der Waals surface area contributed by atoms with Gasteiger partial charge in [0.1, 0.15) is 11.2 Å². The highest BCUT2D eigenvalue weighted by atomic mass is 16.3. The number of anilines is 3. The van der Waals surface area contributed by atoms with E-state index in [9.17, 15) is 0 Å². The zero-order chi connectivity index (χ0) is 46.2. The molecule has 1 aliphatic carbocycles. The number of hydrogen-bond donors (Lipinski definition) is 0. The monoisotopic (exact) mass is 892 g/mol. The van der Waals surface area contributed by atoms with Gasteiger partial charge < -0.3 is 13.9 Å². The second kappa shape index (κ2) is 16.0. The van der Waals surface area contributed by atoms with E-state index in [1.165, 1.54) is 55.2 Å². The van der Waals surface area contributed by atoms with Gasteiger partial charge in [0.15, 0.2) is 0 Å². The highest BCUT2D eigenvalue weighted by molar-refractivity contribution is 6.09. The number of furan rings is 1. The molecule has 3 heteroatoms. The predicted molar refractivity (Wildman–Crippen MR) is 291 cm³/mol. The van der Waals surface area contributed by atoms with Crippen LogP contribution >= 0.6 is 0 Å². The Bertz CT molecular complexity index is 4030. The second-order valence-electron chi connectivity index (χ2n) is 18.4. The molecule has 2 aromatic heterocycles. The third kappa shape index (κ3) is 6.08. The van der Waals surface area contributed by atoms with Gasteiger partial charge in [0.2, 0.25) is 0 Å². The lowest BCUT2D eigenvalue weighted by Gasteiger charge is -2.34. The molecule has 13 aromatic rings. The maximum atomic E-state index is 6.26. The lowest BCUT2D eigenvalue weighted by atomic mass is 9.68. The highest BCUT2D eigenvalue weighted by Gasteiger charge is 2.47. The van der Waals surface area contributed by atoms with E-state index in [-0.39, 0.29) is 0 Å². The number of fused-ring (bicyclic) bond motifs is 9. The number of para-hydroxylation sites is 3. The minimum absolute atomic E-state index is 0.536. The number of hydrogen-bond acceptors (Lipinski definition) is 2. The third-order valence-electron chi connectivity index (χ3n) is 14.7. The fourth-order valence-electron chi connectivity index (χ4n) is 11.6. The van der Waals surface area contributed by atoms with E-state index in [1.54, 1.807) is 0 Å². The average molecular weight is 893 g/mol. The van der Waals surface area contributed by atoms with Gasteiger partial charge in [0.25, 0.3) is 0 Å². The van der Waals surface area contributed by atoms with E-state index in [2.05, 4.69) is 264 Å². The van der Waals surface area contributed by atoms with Crippen molar-refractivity contribution in [3.8, 4) is 39.1 Å². The standard InChI is InChI=1S/C67H44N2O/c1-3-20-49(21-4-1)67(50-22-5-2-6-23-50)59-30-11-7-29-57(59)66-60(67)31-17-34-63(66)68(52-24-16-19-47(43-52)48-38-41-65-58(44-48)56-28-10-14-35-64(56)70-65)51-39-36-45(37-40-51)46-18-15-25-53(42-46)69-61-32-12-8-26-54(61)55-27-9-13-33-62(55)69/h1-44H. The van der Waals surface area contributed by atoms with Crippen molar-refractivity contribution < 1.29 is 4.42 Å². The van der Waals surface area contributed by atoms with Gasteiger partial charge in [-0.2, -0.15) is 0 Å². The summed E-state index contributed by atoms with van der Waals surface area (Å²) in [6.07, 6.45) is 0. The smallest absolute Gasteiger partial charge is 0.135 e. The maximum Gasteiger partial charge on any atom is 0.135 e. The highest BCUT2D eigenvalue weighted by Crippen LogP contribution is 2.59. The van der Waals surface area contributed by atoms with Crippen LogP contribution in [0.5, 0.6) is 0 Å². The fraction of sp³-hybridized carbons (Fsp3) is 0.0149. The van der Waals surface area contributed by atoms with E-state index in [0.29, 0.717) is 0 Å². The summed E-state index contributed by atoms with van der Waals surface area (Å²) in [6.45, 7) is 0. The number of nitrogens with zero attached hydrogens (tertiary/aromatic N) is 2. The van der Waals surface area contributed by atoms with E-state index in [0.717, 1.165) is 66.9 Å². The minimum Gasteiger partial charge on any atom is -0.456 e. The van der Waals surface area contributed by atoms with Crippen LogP contribution in [-0.2, 0) is 5.41 Å². The molecule has 0 spiro atoms. The van der Waals surface area contributed by atoms with Crippen LogP contribution in [0.25, 0.3) is 82.8 Å². The molecule has 0 bridgehead atoms. The predicted octanol–water partition coefficient (Wildman–Crippen LogP) is 17.8. The Kier molecular flexibility index (Phi) is 9.11. The van der Waals surface area contributed by atoms with Gasteiger partial charge in [-0.15, -0.1) is 0 Å². The molecule has 0 N–H and O–H groups in total. The SMILES string of the molecule is c1ccc(C2(c3ccccc3)c3ccccc3-c3c(N(c4ccc(-c5cccc(-n6c7ccccc7c7ccccc76)c5)cc4)c4cccc(-c5ccc6oc7ccccc7c6c5)c4)cccc32)cc1. The van der Waals surface area contributed by atoms with Crippen LogP contribution in [-0.4, -0.2) is 4.57 Å². The minimum atomic E-state index is -0.536. The Labute approximate surface area is 406 Å². The molecular formula is C67H44N2O. The normalized spacial score (nSPS) is 12.7. The second-order valence-corrected chi connectivity index (χ2v) is 18.4. The van der Waals surface area contributed by atoms with Crippen LogP contribution in [0.15, 0.2) is 271 Å². The van der Waals surface area contributed by atoms with Crippen LogP contribution in [0.2, 0.25) is 0 Å². The van der Waals surface area contributed by atoms with Crippen molar-refractivity contribution >= 4 is 60.8 Å². The van der Waals surface area contributed by atoms with Gasteiger partial charge in [-0.1, -0.05) is 194 Å². The lowest BCUT2D eigenvalue weighted by molar-refractivity contribution is 0.669. The molecule has 0 atom stereocenters. The van der Waals surface area contributed by atoms with Crippen LogP contribution in [0.4, 0.5) is 17.1 Å². The molecule has 0 aliphatic heterocycles. The summed E-state index contributed by atoms with van der Waals surface area (Å²) in [5, 5.41) is 4.75. The topological polar surface area (TPSA) is 21.3 Å². The van der Waals surface area contributed by atoms with Gasteiger partial charge >= 0.3 is 0 Å². The Hall–Kier alpha value is -9.18. The summed E-state index contributed by atoms with van der Waals surface area (Å²) in [5.41, 5.74) is 20.1. The van der Waals surface area contributed by atoms with E-state index < -0.39 is 5.41 Å². The van der Waals surface area contributed by atoms with E-state index in [1.807, 2.05) is 12.1 Å². The zero-order valence-corrected chi connectivity index (χ0v) is 38.2. The number of aromatic nitrogens is 1. The summed E-state index contributed by atoms with van der Waals surface area (Å²) in [4.78, 5) is 2.47. The molecule has 1 aliphatic rings. The first kappa shape index (κ1) is 39.9. The van der Waals surface area contributed by atoms with Crippen molar-refractivity contribution in [1.82, 2.24) is 4.57 Å². The molecule has 328 valence electrons. The first-order chi connectivity index (χ1) is 34.7. The Morgan fingerprint density at radius 3 is 1.64 bits per heavy atom. The molecule has 0 unspecified atom stereocenters. The molecule has 0 amide bonds. The van der Waals surface area contributed by atoms with Crippen molar-refractivity contribution in [2.75, 3.05) is 4.90 Å². The largest absolute Gasteiger partial charge is 0.456 e. The van der Waals surface area contributed by atoms with Crippen molar-refractivity contribution in [2.24, 2.45) is 0 Å². The van der Waals surface area contributed by atoms with Gasteiger partial charge in [0.05, 0.1) is 22.1 Å². The van der Waals surface area contributed by atoms with E-state index in [4.69, 9.17) is 4.42 Å². The summed E-state index contributed by atoms with van der Waals surface area (Å²) < 4.78 is 8.66. The Morgan fingerprint density at radius 1 is 0.343 bits per heavy atom. The van der Waals surface area contributed by atoms with Crippen LogP contribution in [0, 0.1) is 0 Å². The third-order valence-corrected chi connectivity index (χ3v) is 14.7. The molecule has 2 heterocycles. The summed E-state index contributed by atoms with van der Waals surface area (Å²) in [6, 6.07) is 97.4. The van der Waals surface area contributed by atoms with Crippen molar-refractivity contribution in [3.63, 3.8) is 0 Å². The molecule has 0 saturated heterocycles. The van der Waals surface area contributed by atoms with Gasteiger partial charge in [-0.25, -0.2) is 0 Å². The number of rotatable bonds is 8.